The molecule has 144 valence electrons. The van der Waals surface area contributed by atoms with Crippen molar-refractivity contribution in [3.63, 3.8) is 0 Å². The zero-order valence-corrected chi connectivity index (χ0v) is 16.9. The van der Waals surface area contributed by atoms with Crippen molar-refractivity contribution in [1.29, 1.82) is 0 Å². The molecule has 1 aromatic heterocycles. The highest BCUT2D eigenvalue weighted by Gasteiger charge is 2.18. The van der Waals surface area contributed by atoms with Gasteiger partial charge in [0.05, 0.1) is 25.4 Å². The van der Waals surface area contributed by atoms with Crippen LogP contribution in [0.25, 0.3) is 23.5 Å². The highest BCUT2D eigenvalue weighted by molar-refractivity contribution is 9.10. The van der Waals surface area contributed by atoms with Crippen molar-refractivity contribution >= 4 is 28.1 Å². The maximum absolute atomic E-state index is 10.3. The molecule has 1 fully saturated rings. The Morgan fingerprint density at radius 2 is 1.79 bits per heavy atom. The van der Waals surface area contributed by atoms with Crippen LogP contribution in [0.15, 0.2) is 53.0 Å². The maximum atomic E-state index is 10.3. The van der Waals surface area contributed by atoms with Crippen molar-refractivity contribution in [2.24, 2.45) is 0 Å². The largest absolute Gasteiger partial charge is 0.507 e. The highest BCUT2D eigenvalue weighted by atomic mass is 79.9. The number of rotatable bonds is 5. The Hall–Kier alpha value is -2.48. The average molecular weight is 441 g/mol. The second-order valence-corrected chi connectivity index (χ2v) is 7.48. The van der Waals surface area contributed by atoms with E-state index in [2.05, 4.69) is 30.9 Å². The lowest BCUT2D eigenvalue weighted by Crippen LogP contribution is -2.37. The molecule has 2 aromatic carbocycles. The van der Waals surface area contributed by atoms with Gasteiger partial charge >= 0.3 is 0 Å². The van der Waals surface area contributed by atoms with Gasteiger partial charge in [-0.05, 0) is 35.9 Å². The van der Waals surface area contributed by atoms with Crippen LogP contribution in [0, 0.1) is 0 Å². The minimum absolute atomic E-state index is 0.196. The van der Waals surface area contributed by atoms with Gasteiger partial charge in [0, 0.05) is 17.6 Å². The fourth-order valence-corrected chi connectivity index (χ4v) is 3.33. The quantitative estimate of drug-likeness (QED) is 0.652. The summed E-state index contributed by atoms with van der Waals surface area (Å²) in [5, 5.41) is 15.0. The van der Waals surface area contributed by atoms with Gasteiger partial charge in [0.25, 0.3) is 0 Å². The van der Waals surface area contributed by atoms with Crippen LogP contribution in [0.4, 0.5) is 0 Å². The van der Waals surface area contributed by atoms with Gasteiger partial charge in [0.2, 0.25) is 0 Å². The van der Waals surface area contributed by atoms with E-state index in [1.165, 1.54) is 0 Å². The summed E-state index contributed by atoms with van der Waals surface area (Å²) in [5.74, 6) is 1.45. The molecule has 0 amide bonds. The number of phenolic OH excluding ortho intramolecular Hbond substituents is 1. The Bertz CT molecular complexity index is 963. The second-order valence-electron chi connectivity index (χ2n) is 6.57. The number of para-hydroxylation sites is 1. The van der Waals surface area contributed by atoms with Gasteiger partial charge in [-0.1, -0.05) is 46.3 Å². The van der Waals surface area contributed by atoms with E-state index >= 15 is 0 Å². The van der Waals surface area contributed by atoms with Crippen LogP contribution in [0.5, 0.6) is 5.75 Å². The fourth-order valence-electron chi connectivity index (χ4n) is 3.07. The van der Waals surface area contributed by atoms with Crippen LogP contribution in [0.1, 0.15) is 11.4 Å². The molecule has 0 radical (unpaired) electrons. The molecule has 1 N–H and O–H groups in total. The van der Waals surface area contributed by atoms with Gasteiger partial charge in [-0.3, -0.25) is 4.90 Å². The number of morpholine rings is 1. The number of halogens is 1. The summed E-state index contributed by atoms with van der Waals surface area (Å²) in [4.78, 5) is 6.95. The third kappa shape index (κ3) is 4.49. The zero-order valence-electron chi connectivity index (χ0n) is 15.3. The number of benzene rings is 2. The monoisotopic (exact) mass is 440 g/mol. The smallest absolute Gasteiger partial charge is 0.174 e. The minimum atomic E-state index is 0.196. The number of phenols is 1. The molecule has 28 heavy (non-hydrogen) atoms. The molecule has 7 heteroatoms. The Balaban J connectivity index is 1.65. The third-order valence-corrected chi connectivity index (χ3v) is 5.09. The lowest BCUT2D eigenvalue weighted by Gasteiger charge is -2.26. The van der Waals surface area contributed by atoms with Gasteiger partial charge in [0.15, 0.2) is 11.6 Å². The van der Waals surface area contributed by atoms with Crippen LogP contribution in [0.3, 0.4) is 0 Å². The second kappa shape index (κ2) is 8.68. The molecular weight excluding hydrogens is 420 g/mol. The van der Waals surface area contributed by atoms with E-state index in [4.69, 9.17) is 4.74 Å². The number of hydrogen-bond donors (Lipinski definition) is 1. The molecule has 0 unspecified atom stereocenters. The van der Waals surface area contributed by atoms with Gasteiger partial charge in [-0.2, -0.15) is 0 Å². The number of aromatic hydroxyl groups is 1. The summed E-state index contributed by atoms with van der Waals surface area (Å²) in [6.07, 6.45) is 3.87. The molecule has 0 saturated carbocycles. The van der Waals surface area contributed by atoms with Gasteiger partial charge in [-0.15, -0.1) is 5.10 Å². The van der Waals surface area contributed by atoms with Crippen molar-refractivity contribution < 1.29 is 9.84 Å². The summed E-state index contributed by atoms with van der Waals surface area (Å²) in [6.45, 7) is 3.74. The van der Waals surface area contributed by atoms with Crippen molar-refractivity contribution in [3.05, 3.63) is 64.4 Å². The van der Waals surface area contributed by atoms with E-state index in [1.807, 2.05) is 53.2 Å². The topological polar surface area (TPSA) is 63.4 Å². The van der Waals surface area contributed by atoms with Crippen molar-refractivity contribution in [3.8, 4) is 17.1 Å². The zero-order chi connectivity index (χ0) is 19.3. The predicted molar refractivity (Wildman–Crippen MR) is 113 cm³/mol. The lowest BCUT2D eigenvalue weighted by molar-refractivity contribution is 0.0216. The van der Waals surface area contributed by atoms with Gasteiger partial charge in [0.1, 0.15) is 5.75 Å². The first-order valence-electron chi connectivity index (χ1n) is 9.16. The first-order chi connectivity index (χ1) is 13.7. The molecule has 0 bridgehead atoms. The van der Waals surface area contributed by atoms with E-state index in [-0.39, 0.29) is 5.75 Å². The number of hydrogen-bond acceptors (Lipinski definition) is 5. The normalized spacial score (nSPS) is 15.3. The molecule has 4 rings (SSSR count). The molecule has 0 spiro atoms. The Labute approximate surface area is 172 Å². The Morgan fingerprint density at radius 1 is 1.04 bits per heavy atom. The summed E-state index contributed by atoms with van der Waals surface area (Å²) < 4.78 is 8.32. The van der Waals surface area contributed by atoms with Crippen molar-refractivity contribution in [2.45, 2.75) is 6.67 Å². The lowest BCUT2D eigenvalue weighted by atomic mass is 10.2. The summed E-state index contributed by atoms with van der Waals surface area (Å²) in [6, 6.07) is 15.3. The Kier molecular flexibility index (Phi) is 5.85. The maximum Gasteiger partial charge on any atom is 0.174 e. The molecule has 1 aliphatic rings. The Morgan fingerprint density at radius 3 is 2.54 bits per heavy atom. The van der Waals surface area contributed by atoms with Gasteiger partial charge < -0.3 is 9.84 Å². The van der Waals surface area contributed by atoms with Crippen LogP contribution >= 0.6 is 15.9 Å². The molecule has 1 saturated heterocycles. The molecule has 2 heterocycles. The molecule has 3 aromatic rings. The standard InChI is InChI=1S/C21H21BrN4O2/c22-17-8-5-16(6-9-17)7-10-20-23-21(18-3-1-2-4-19(18)27)26(24-20)15-25-11-13-28-14-12-25/h1-10,27H,11-15H2/b10-7+. The molecule has 6 nitrogen and oxygen atoms in total. The van der Waals surface area contributed by atoms with Crippen molar-refractivity contribution in [2.75, 3.05) is 26.3 Å². The van der Waals surface area contributed by atoms with Crippen LogP contribution in [-0.2, 0) is 11.4 Å². The van der Waals surface area contributed by atoms with Gasteiger partial charge in [-0.25, -0.2) is 9.67 Å². The van der Waals surface area contributed by atoms with E-state index in [0.29, 0.717) is 23.9 Å². The van der Waals surface area contributed by atoms with Crippen molar-refractivity contribution in [1.82, 2.24) is 19.7 Å². The summed E-state index contributed by atoms with van der Waals surface area (Å²) >= 11 is 3.44. The summed E-state index contributed by atoms with van der Waals surface area (Å²) in [7, 11) is 0. The average Bonchev–Trinajstić information content (AvgIpc) is 3.11. The number of ether oxygens (including phenoxy) is 1. The SMILES string of the molecule is Oc1ccccc1-c1nc(/C=C/c2ccc(Br)cc2)nn1CN1CCOCC1. The summed E-state index contributed by atoms with van der Waals surface area (Å²) in [5.41, 5.74) is 1.74. The third-order valence-electron chi connectivity index (χ3n) is 4.57. The van der Waals surface area contributed by atoms with E-state index in [1.54, 1.807) is 12.1 Å². The number of nitrogens with zero attached hydrogens (tertiary/aromatic N) is 4. The van der Waals surface area contributed by atoms with Crippen LogP contribution in [-0.4, -0.2) is 51.1 Å². The highest BCUT2D eigenvalue weighted by Crippen LogP contribution is 2.27. The molecule has 0 atom stereocenters. The first kappa shape index (κ1) is 18.9. The molecule has 1 aliphatic heterocycles. The van der Waals surface area contributed by atoms with E-state index < -0.39 is 0 Å². The first-order valence-corrected chi connectivity index (χ1v) is 9.95. The van der Waals surface area contributed by atoms with E-state index in [0.717, 1.165) is 36.3 Å². The minimum Gasteiger partial charge on any atom is -0.507 e. The van der Waals surface area contributed by atoms with Crippen LogP contribution in [0.2, 0.25) is 0 Å². The fraction of sp³-hybridized carbons (Fsp3) is 0.238. The molecule has 0 aliphatic carbocycles. The molecular formula is C21H21BrN4O2. The van der Waals surface area contributed by atoms with E-state index in [9.17, 15) is 5.11 Å². The number of aromatic nitrogens is 3. The predicted octanol–water partition coefficient (Wildman–Crippen LogP) is 3.87. The van der Waals surface area contributed by atoms with Crippen LogP contribution < -0.4 is 0 Å².